The summed E-state index contributed by atoms with van der Waals surface area (Å²) in [4.78, 5) is 1.34. The Hall–Kier alpha value is -1.72. The molecule has 0 bridgehead atoms. The first-order valence-corrected chi connectivity index (χ1v) is 9.20. The monoisotopic (exact) mass is 435 g/mol. The zero-order chi connectivity index (χ0) is 20.4. The van der Waals surface area contributed by atoms with Gasteiger partial charge in [-0.25, -0.2) is 0 Å². The van der Waals surface area contributed by atoms with E-state index in [-0.39, 0.29) is 5.11 Å². The Morgan fingerprint density at radius 2 is 1.74 bits per heavy atom. The lowest BCUT2D eigenvalue weighted by atomic mass is 10.1. The largest absolute Gasteiger partial charge is 0.405 e. The van der Waals surface area contributed by atoms with Crippen molar-refractivity contribution in [3.05, 3.63) is 29.8 Å². The molecule has 0 aliphatic rings. The molecule has 0 fully saturated rings. The van der Waals surface area contributed by atoms with Crippen molar-refractivity contribution < 1.29 is 13.2 Å². The Balaban J connectivity index is 2.97. The van der Waals surface area contributed by atoms with Gasteiger partial charge in [0.25, 0.3) is 0 Å². The van der Waals surface area contributed by atoms with Crippen molar-refractivity contribution in [1.29, 1.82) is 0 Å². The highest BCUT2D eigenvalue weighted by molar-refractivity contribution is 7.80. The second kappa shape index (κ2) is 11.2. The number of halogens is 3. The van der Waals surface area contributed by atoms with E-state index in [4.69, 9.17) is 24.4 Å². The van der Waals surface area contributed by atoms with Crippen LogP contribution in [0, 0.1) is 0 Å². The number of hydrazone groups is 2. The van der Waals surface area contributed by atoms with Crippen LogP contribution in [0.5, 0.6) is 0 Å². The first kappa shape index (κ1) is 23.3. The molecule has 148 valence electrons. The van der Waals surface area contributed by atoms with E-state index in [1.54, 1.807) is 31.2 Å². The first-order valence-electron chi connectivity index (χ1n) is 7.93. The zero-order valence-corrected chi connectivity index (χ0v) is 17.3. The summed E-state index contributed by atoms with van der Waals surface area (Å²) in [6, 6.07) is 7.05. The number of hydrogen-bond acceptors (Lipinski definition) is 5. The molecule has 0 aromatic heterocycles. The third kappa shape index (κ3) is 9.68. The Morgan fingerprint density at radius 1 is 1.11 bits per heavy atom. The van der Waals surface area contributed by atoms with Crippen molar-refractivity contribution in [2.75, 3.05) is 6.54 Å². The second-order valence-corrected chi connectivity index (χ2v) is 6.82. The minimum Gasteiger partial charge on any atom is -0.352 e. The number of nitrogens with one attached hydrogen (secondary N) is 3. The molecule has 0 aliphatic carbocycles. The van der Waals surface area contributed by atoms with Gasteiger partial charge in [-0.05, 0) is 44.1 Å². The molecule has 0 spiro atoms. The molecule has 0 unspecified atom stereocenters. The first-order chi connectivity index (χ1) is 12.6. The summed E-state index contributed by atoms with van der Waals surface area (Å²) < 4.78 is 36.8. The standard InChI is InChI=1S/C16H20F3N5S3/c1-3-4-13(26)22-21-10(2)14(11-5-7-12(25)8-6-11)23-24-15(27)20-9-16(17,18)19/h5-8,25H,3-4,9H2,1-2H3,(H,22,26)(H2,20,24,27). The van der Waals surface area contributed by atoms with Gasteiger partial charge >= 0.3 is 6.18 Å². The second-order valence-electron chi connectivity index (χ2n) is 5.40. The molecule has 1 aromatic carbocycles. The maximum Gasteiger partial charge on any atom is 0.405 e. The molecule has 0 heterocycles. The van der Waals surface area contributed by atoms with E-state index in [2.05, 4.69) is 33.7 Å². The van der Waals surface area contributed by atoms with Gasteiger partial charge < -0.3 is 5.32 Å². The van der Waals surface area contributed by atoms with Crippen LogP contribution in [0.2, 0.25) is 0 Å². The van der Waals surface area contributed by atoms with Crippen LogP contribution < -0.4 is 16.2 Å². The van der Waals surface area contributed by atoms with Crippen LogP contribution in [-0.2, 0) is 0 Å². The molecule has 11 heteroatoms. The Kier molecular flexibility index (Phi) is 9.67. The molecule has 0 saturated carbocycles. The summed E-state index contributed by atoms with van der Waals surface area (Å²) in [5, 5.41) is 10.1. The average molecular weight is 436 g/mol. The van der Waals surface area contributed by atoms with E-state index in [0.717, 1.165) is 11.3 Å². The average Bonchev–Trinajstić information content (AvgIpc) is 2.59. The summed E-state index contributed by atoms with van der Waals surface area (Å²) in [7, 11) is 0. The smallest absolute Gasteiger partial charge is 0.352 e. The number of thiocarbonyl (C=S) groups is 2. The SMILES string of the molecule is CCCC(=S)NN=C(C)C(=NNC(=S)NCC(F)(F)F)c1ccc(S)cc1. The zero-order valence-electron chi connectivity index (χ0n) is 14.7. The van der Waals surface area contributed by atoms with E-state index in [0.29, 0.717) is 28.4 Å². The van der Waals surface area contributed by atoms with Crippen LogP contribution in [-0.4, -0.2) is 34.2 Å². The molecule has 3 N–H and O–H groups in total. The van der Waals surface area contributed by atoms with Crippen LogP contribution in [0.1, 0.15) is 32.3 Å². The molecule has 1 rings (SSSR count). The van der Waals surface area contributed by atoms with Gasteiger partial charge in [-0.2, -0.15) is 23.4 Å². The Morgan fingerprint density at radius 3 is 2.30 bits per heavy atom. The van der Waals surface area contributed by atoms with E-state index in [9.17, 15) is 13.2 Å². The van der Waals surface area contributed by atoms with E-state index < -0.39 is 12.7 Å². The van der Waals surface area contributed by atoms with Gasteiger partial charge in [-0.3, -0.25) is 10.9 Å². The predicted molar refractivity (Wildman–Crippen MR) is 114 cm³/mol. The van der Waals surface area contributed by atoms with E-state index >= 15 is 0 Å². The van der Waals surface area contributed by atoms with Crippen LogP contribution in [0.15, 0.2) is 39.4 Å². The van der Waals surface area contributed by atoms with Gasteiger partial charge in [-0.15, -0.1) is 12.6 Å². The highest BCUT2D eigenvalue weighted by Crippen LogP contribution is 2.12. The van der Waals surface area contributed by atoms with Crippen LogP contribution in [0.4, 0.5) is 13.2 Å². The molecule has 27 heavy (non-hydrogen) atoms. The predicted octanol–water partition coefficient (Wildman–Crippen LogP) is 3.80. The molecule has 0 aliphatic heterocycles. The number of rotatable bonds is 7. The van der Waals surface area contributed by atoms with Crippen LogP contribution >= 0.6 is 37.1 Å². The minimum absolute atomic E-state index is 0.252. The van der Waals surface area contributed by atoms with Crippen molar-refractivity contribution in [2.24, 2.45) is 10.2 Å². The van der Waals surface area contributed by atoms with Gasteiger partial charge in [-0.1, -0.05) is 31.3 Å². The third-order valence-corrected chi connectivity index (χ3v) is 3.86. The molecule has 5 nitrogen and oxygen atoms in total. The lowest BCUT2D eigenvalue weighted by Gasteiger charge is -2.12. The molecular weight excluding hydrogens is 415 g/mol. The van der Waals surface area contributed by atoms with Gasteiger partial charge in [0.05, 0.1) is 10.7 Å². The van der Waals surface area contributed by atoms with Gasteiger partial charge in [0.15, 0.2) is 5.11 Å². The quantitative estimate of drug-likeness (QED) is 0.227. The van der Waals surface area contributed by atoms with Crippen molar-refractivity contribution in [2.45, 2.75) is 37.8 Å². The van der Waals surface area contributed by atoms with Crippen molar-refractivity contribution in [3.8, 4) is 0 Å². The molecule has 0 amide bonds. The number of nitrogens with zero attached hydrogens (tertiary/aromatic N) is 2. The van der Waals surface area contributed by atoms with Gasteiger partial charge in [0, 0.05) is 10.5 Å². The van der Waals surface area contributed by atoms with Gasteiger partial charge in [0.2, 0.25) is 0 Å². The number of thiol groups is 1. The number of hydrogen-bond donors (Lipinski definition) is 4. The summed E-state index contributed by atoms with van der Waals surface area (Å²) in [6.07, 6.45) is -2.81. The van der Waals surface area contributed by atoms with E-state index in [1.807, 2.05) is 12.2 Å². The molecule has 0 radical (unpaired) electrons. The summed E-state index contributed by atoms with van der Waals surface area (Å²) in [5.74, 6) is 0. The summed E-state index contributed by atoms with van der Waals surface area (Å²) >= 11 is 14.2. The number of benzene rings is 1. The highest BCUT2D eigenvalue weighted by Gasteiger charge is 2.27. The maximum absolute atomic E-state index is 12.3. The molecule has 1 aromatic rings. The van der Waals surface area contributed by atoms with Crippen molar-refractivity contribution >= 4 is 58.6 Å². The summed E-state index contributed by atoms with van der Waals surface area (Å²) in [5.41, 5.74) is 6.74. The number of alkyl halides is 3. The van der Waals surface area contributed by atoms with Crippen molar-refractivity contribution in [1.82, 2.24) is 16.2 Å². The van der Waals surface area contributed by atoms with Gasteiger partial charge in [0.1, 0.15) is 12.3 Å². The fourth-order valence-corrected chi connectivity index (χ4v) is 2.30. The molecule has 0 atom stereocenters. The highest BCUT2D eigenvalue weighted by atomic mass is 32.1. The Bertz CT molecular complexity index is 715. The lowest BCUT2D eigenvalue weighted by molar-refractivity contribution is -0.122. The van der Waals surface area contributed by atoms with E-state index in [1.165, 1.54) is 0 Å². The molecular formula is C16H20F3N5S3. The van der Waals surface area contributed by atoms with Crippen LogP contribution in [0.3, 0.4) is 0 Å². The lowest BCUT2D eigenvalue weighted by Crippen LogP contribution is -2.39. The van der Waals surface area contributed by atoms with Crippen LogP contribution in [0.25, 0.3) is 0 Å². The molecule has 0 saturated heterocycles. The maximum atomic E-state index is 12.3. The fraction of sp³-hybridized carbons (Fsp3) is 0.375. The minimum atomic E-state index is -4.38. The topological polar surface area (TPSA) is 60.8 Å². The normalized spacial score (nSPS) is 12.5. The fourth-order valence-electron chi connectivity index (χ4n) is 1.78. The van der Waals surface area contributed by atoms with Crippen molar-refractivity contribution in [3.63, 3.8) is 0 Å². The Labute approximate surface area is 172 Å². The third-order valence-electron chi connectivity index (χ3n) is 3.03. The summed E-state index contributed by atoms with van der Waals surface area (Å²) in [6.45, 7) is 2.44.